The van der Waals surface area contributed by atoms with Gasteiger partial charge in [-0.1, -0.05) is 6.07 Å². The predicted octanol–water partition coefficient (Wildman–Crippen LogP) is 1.31. The van der Waals surface area contributed by atoms with Gasteiger partial charge in [-0.3, -0.25) is 9.78 Å². The number of anilines is 1. The van der Waals surface area contributed by atoms with Crippen LogP contribution in [0.2, 0.25) is 0 Å². The molecule has 0 bridgehead atoms. The Kier molecular flexibility index (Phi) is 3.97. The molecule has 3 heterocycles. The molecule has 1 fully saturated rings. The number of pyridine rings is 2. The van der Waals surface area contributed by atoms with E-state index in [1.165, 1.54) is 0 Å². The van der Waals surface area contributed by atoms with Gasteiger partial charge in [0, 0.05) is 38.6 Å². The maximum atomic E-state index is 12.3. The molecule has 2 aromatic heterocycles. The maximum absolute atomic E-state index is 12.3. The molecule has 1 aliphatic rings. The molecule has 0 spiro atoms. The number of amides is 1. The summed E-state index contributed by atoms with van der Waals surface area (Å²) in [6, 6.07) is 11.0. The molecule has 0 N–H and O–H groups in total. The number of nitrogens with zero attached hydrogens (tertiary/aromatic N) is 5. The summed E-state index contributed by atoms with van der Waals surface area (Å²) in [5.41, 5.74) is 1.03. The number of aromatic nitrogens is 2. The third kappa shape index (κ3) is 2.74. The highest BCUT2D eigenvalue weighted by Gasteiger charge is 2.24. The summed E-state index contributed by atoms with van der Waals surface area (Å²) in [5, 5.41) is 9.15. The molecule has 1 amide bonds. The normalized spacial score (nSPS) is 14.5. The van der Waals surface area contributed by atoms with Gasteiger partial charge in [-0.2, -0.15) is 5.26 Å². The first-order valence-electron chi connectivity index (χ1n) is 7.10. The van der Waals surface area contributed by atoms with Crippen LogP contribution in [0.1, 0.15) is 16.1 Å². The van der Waals surface area contributed by atoms with E-state index in [1.807, 2.05) is 11.0 Å². The van der Waals surface area contributed by atoms with E-state index in [2.05, 4.69) is 16.0 Å². The maximum Gasteiger partial charge on any atom is 0.272 e. The summed E-state index contributed by atoms with van der Waals surface area (Å²) >= 11 is 0. The number of piperazine rings is 1. The van der Waals surface area contributed by atoms with E-state index in [9.17, 15) is 4.79 Å². The van der Waals surface area contributed by atoms with Gasteiger partial charge in [0.05, 0.1) is 5.56 Å². The van der Waals surface area contributed by atoms with Crippen molar-refractivity contribution in [1.82, 2.24) is 14.9 Å². The molecule has 0 unspecified atom stereocenters. The average Bonchev–Trinajstić information content (AvgIpc) is 2.62. The minimum absolute atomic E-state index is 0.0539. The number of nitriles is 1. The number of hydrogen-bond acceptors (Lipinski definition) is 5. The van der Waals surface area contributed by atoms with E-state index in [4.69, 9.17) is 5.26 Å². The zero-order chi connectivity index (χ0) is 15.4. The Morgan fingerprint density at radius 1 is 1.05 bits per heavy atom. The molecular formula is C16H15N5O. The molecule has 22 heavy (non-hydrogen) atoms. The summed E-state index contributed by atoms with van der Waals surface area (Å²) in [5.74, 6) is 0.636. The fourth-order valence-electron chi connectivity index (χ4n) is 2.51. The van der Waals surface area contributed by atoms with Crippen molar-refractivity contribution < 1.29 is 4.79 Å². The van der Waals surface area contributed by atoms with Gasteiger partial charge in [-0.05, 0) is 24.3 Å². The van der Waals surface area contributed by atoms with Gasteiger partial charge in [-0.25, -0.2) is 4.98 Å². The second kappa shape index (κ2) is 6.22. The zero-order valence-corrected chi connectivity index (χ0v) is 12.0. The zero-order valence-electron chi connectivity index (χ0n) is 12.0. The Morgan fingerprint density at radius 2 is 1.82 bits per heavy atom. The summed E-state index contributed by atoms with van der Waals surface area (Å²) in [7, 11) is 0. The Morgan fingerprint density at radius 3 is 2.50 bits per heavy atom. The fraction of sp³-hybridized carbons (Fsp3) is 0.250. The summed E-state index contributed by atoms with van der Waals surface area (Å²) in [6.45, 7) is 2.50. The van der Waals surface area contributed by atoms with E-state index in [0.717, 1.165) is 0 Å². The molecule has 6 nitrogen and oxygen atoms in total. The minimum Gasteiger partial charge on any atom is -0.352 e. The van der Waals surface area contributed by atoms with E-state index in [-0.39, 0.29) is 5.91 Å². The largest absolute Gasteiger partial charge is 0.352 e. The number of carbonyl (C=O) groups is 1. The Labute approximate surface area is 128 Å². The third-order valence-corrected chi connectivity index (χ3v) is 3.66. The van der Waals surface area contributed by atoms with Crippen LogP contribution in [0.3, 0.4) is 0 Å². The van der Waals surface area contributed by atoms with Crippen molar-refractivity contribution in [2.45, 2.75) is 0 Å². The smallest absolute Gasteiger partial charge is 0.272 e. The lowest BCUT2D eigenvalue weighted by molar-refractivity contribution is 0.0740. The first kappa shape index (κ1) is 14.0. The SMILES string of the molecule is N#Cc1cccnc1N1CCN(C(=O)c2ccccn2)CC1. The summed E-state index contributed by atoms with van der Waals surface area (Å²) in [4.78, 5) is 24.6. The molecule has 2 aromatic rings. The van der Waals surface area contributed by atoms with E-state index < -0.39 is 0 Å². The van der Waals surface area contributed by atoms with Crippen LogP contribution in [-0.4, -0.2) is 47.0 Å². The van der Waals surface area contributed by atoms with Crippen molar-refractivity contribution in [3.8, 4) is 6.07 Å². The van der Waals surface area contributed by atoms with Crippen LogP contribution in [0.4, 0.5) is 5.82 Å². The van der Waals surface area contributed by atoms with Gasteiger partial charge in [0.2, 0.25) is 0 Å². The van der Waals surface area contributed by atoms with Gasteiger partial charge < -0.3 is 9.80 Å². The highest BCUT2D eigenvalue weighted by atomic mass is 16.2. The Hall–Kier alpha value is -2.94. The Bertz CT molecular complexity index is 702. The van der Waals surface area contributed by atoms with Crippen LogP contribution in [0.15, 0.2) is 42.7 Å². The van der Waals surface area contributed by atoms with Crippen molar-refractivity contribution in [2.24, 2.45) is 0 Å². The van der Waals surface area contributed by atoms with Crippen molar-refractivity contribution in [3.05, 3.63) is 54.0 Å². The van der Waals surface area contributed by atoms with E-state index in [1.54, 1.807) is 41.6 Å². The first-order valence-corrected chi connectivity index (χ1v) is 7.10. The topological polar surface area (TPSA) is 73.1 Å². The van der Waals surface area contributed by atoms with Gasteiger partial charge in [-0.15, -0.1) is 0 Å². The quantitative estimate of drug-likeness (QED) is 0.834. The van der Waals surface area contributed by atoms with Crippen molar-refractivity contribution in [1.29, 1.82) is 5.26 Å². The molecule has 0 atom stereocenters. The molecule has 0 aromatic carbocycles. The Balaban J connectivity index is 1.68. The standard InChI is InChI=1S/C16H15N5O/c17-12-13-4-3-7-19-15(13)20-8-10-21(11-9-20)16(22)14-5-1-2-6-18-14/h1-7H,8-11H2. The lowest BCUT2D eigenvalue weighted by Crippen LogP contribution is -2.49. The van der Waals surface area contributed by atoms with Gasteiger partial charge in [0.15, 0.2) is 0 Å². The highest BCUT2D eigenvalue weighted by molar-refractivity contribution is 5.92. The fourth-order valence-corrected chi connectivity index (χ4v) is 2.51. The van der Waals surface area contributed by atoms with Gasteiger partial charge >= 0.3 is 0 Å². The third-order valence-electron chi connectivity index (χ3n) is 3.66. The van der Waals surface area contributed by atoms with Crippen molar-refractivity contribution in [3.63, 3.8) is 0 Å². The second-order valence-corrected chi connectivity index (χ2v) is 4.98. The first-order chi connectivity index (χ1) is 10.8. The van der Waals surface area contributed by atoms with Gasteiger partial charge in [0.1, 0.15) is 17.6 Å². The van der Waals surface area contributed by atoms with Gasteiger partial charge in [0.25, 0.3) is 5.91 Å². The minimum atomic E-state index is -0.0539. The monoisotopic (exact) mass is 293 g/mol. The molecule has 3 rings (SSSR count). The lowest BCUT2D eigenvalue weighted by Gasteiger charge is -2.35. The van der Waals surface area contributed by atoms with Crippen molar-refractivity contribution in [2.75, 3.05) is 31.1 Å². The van der Waals surface area contributed by atoms with E-state index in [0.29, 0.717) is 43.3 Å². The molecule has 6 heteroatoms. The number of hydrogen-bond donors (Lipinski definition) is 0. The van der Waals surface area contributed by atoms with Crippen LogP contribution < -0.4 is 4.90 Å². The molecule has 1 saturated heterocycles. The number of carbonyl (C=O) groups excluding carboxylic acids is 1. The van der Waals surface area contributed by atoms with Crippen LogP contribution >= 0.6 is 0 Å². The predicted molar refractivity (Wildman–Crippen MR) is 81.3 cm³/mol. The molecule has 110 valence electrons. The lowest BCUT2D eigenvalue weighted by atomic mass is 10.2. The number of rotatable bonds is 2. The van der Waals surface area contributed by atoms with Crippen LogP contribution in [0.5, 0.6) is 0 Å². The van der Waals surface area contributed by atoms with Crippen molar-refractivity contribution >= 4 is 11.7 Å². The molecule has 0 aliphatic carbocycles. The average molecular weight is 293 g/mol. The van der Waals surface area contributed by atoms with Crippen LogP contribution in [0, 0.1) is 11.3 Å². The molecule has 1 aliphatic heterocycles. The molecular weight excluding hydrogens is 278 g/mol. The molecule has 0 saturated carbocycles. The molecule has 0 radical (unpaired) electrons. The summed E-state index contributed by atoms with van der Waals surface area (Å²) in [6.07, 6.45) is 3.30. The van der Waals surface area contributed by atoms with Crippen LogP contribution in [0.25, 0.3) is 0 Å². The van der Waals surface area contributed by atoms with Crippen LogP contribution in [-0.2, 0) is 0 Å². The van der Waals surface area contributed by atoms with E-state index >= 15 is 0 Å². The summed E-state index contributed by atoms with van der Waals surface area (Å²) < 4.78 is 0. The second-order valence-electron chi connectivity index (χ2n) is 4.98. The highest BCUT2D eigenvalue weighted by Crippen LogP contribution is 2.18.